The summed E-state index contributed by atoms with van der Waals surface area (Å²) in [6.07, 6.45) is 33.5. The largest absolute Gasteiger partial charge is 0.0654 e. The van der Waals surface area contributed by atoms with Gasteiger partial charge in [-0.3, -0.25) is 0 Å². The van der Waals surface area contributed by atoms with Gasteiger partial charge in [0.1, 0.15) is 0 Å². The van der Waals surface area contributed by atoms with Gasteiger partial charge in [-0.25, -0.2) is 0 Å². The van der Waals surface area contributed by atoms with Crippen LogP contribution in [0.4, 0.5) is 0 Å². The van der Waals surface area contributed by atoms with Gasteiger partial charge in [0, 0.05) is 0 Å². The molecule has 0 heteroatoms. The fourth-order valence-electron chi connectivity index (χ4n) is 6.43. The Balaban J connectivity index is 5.78. The van der Waals surface area contributed by atoms with Crippen LogP contribution in [-0.2, 0) is 0 Å². The molecule has 2 unspecified atom stereocenters. The van der Waals surface area contributed by atoms with Crippen LogP contribution in [0.1, 0.15) is 189 Å². The van der Waals surface area contributed by atoms with Gasteiger partial charge in [-0.2, -0.15) is 0 Å². The van der Waals surface area contributed by atoms with E-state index in [4.69, 9.17) is 0 Å². The van der Waals surface area contributed by atoms with Crippen LogP contribution in [-0.4, -0.2) is 0 Å². The van der Waals surface area contributed by atoms with E-state index in [2.05, 4.69) is 41.5 Å². The summed E-state index contributed by atoms with van der Waals surface area (Å²) in [5.41, 5.74) is 0. The van der Waals surface area contributed by atoms with Gasteiger partial charge in [0.2, 0.25) is 0 Å². The lowest BCUT2D eigenvalue weighted by molar-refractivity contribution is 0.104. The van der Waals surface area contributed by atoms with E-state index in [9.17, 15) is 0 Å². The molecule has 0 saturated carbocycles. The highest BCUT2D eigenvalue weighted by Crippen LogP contribution is 2.43. The normalized spacial score (nSPS) is 13.8. The Morgan fingerprint density at radius 3 is 0.909 bits per heavy atom. The van der Waals surface area contributed by atoms with Gasteiger partial charge in [0.15, 0.2) is 0 Å². The lowest BCUT2D eigenvalue weighted by Gasteiger charge is -2.40. The van der Waals surface area contributed by atoms with Crippen molar-refractivity contribution in [1.82, 2.24) is 0 Å². The molecule has 0 rings (SSSR count). The maximum absolute atomic E-state index is 2.41. The molecule has 0 aliphatic heterocycles. The predicted octanol–water partition coefficient (Wildman–Crippen LogP) is 12.5. The summed E-state index contributed by atoms with van der Waals surface area (Å²) in [4.78, 5) is 0. The molecule has 0 heterocycles. The summed E-state index contributed by atoms with van der Waals surface area (Å²) in [5.74, 6) is 4.01. The number of unbranched alkanes of at least 4 members (excludes halogenated alkanes) is 11. The zero-order chi connectivity index (χ0) is 24.6. The number of rotatable bonds is 26. The molecule has 0 N–H and O–H groups in total. The quantitative estimate of drug-likeness (QED) is 0.112. The molecule has 0 fully saturated rings. The van der Waals surface area contributed by atoms with E-state index >= 15 is 0 Å². The average Bonchev–Trinajstić information content (AvgIpc) is 2.82. The smallest absolute Gasteiger partial charge is 0.0355 e. The fourth-order valence-corrected chi connectivity index (χ4v) is 6.43. The van der Waals surface area contributed by atoms with Crippen molar-refractivity contribution in [2.75, 3.05) is 0 Å². The van der Waals surface area contributed by atoms with E-state index in [-0.39, 0.29) is 0 Å². The molecular weight excluding hydrogens is 396 g/mol. The van der Waals surface area contributed by atoms with Crippen molar-refractivity contribution in [3.05, 3.63) is 0 Å². The Bertz CT molecular complexity index is 341. The zero-order valence-corrected chi connectivity index (χ0v) is 24.6. The highest BCUT2D eigenvalue weighted by molar-refractivity contribution is 4.83. The maximum Gasteiger partial charge on any atom is -0.0355 e. The van der Waals surface area contributed by atoms with E-state index < -0.39 is 0 Å². The van der Waals surface area contributed by atoms with Gasteiger partial charge in [-0.1, -0.05) is 176 Å². The maximum atomic E-state index is 2.41. The van der Waals surface area contributed by atoms with Crippen LogP contribution in [0.5, 0.6) is 0 Å². The van der Waals surface area contributed by atoms with Crippen molar-refractivity contribution >= 4 is 0 Å². The predicted molar refractivity (Wildman–Crippen MR) is 154 cm³/mol. The first kappa shape index (κ1) is 33.0. The fraction of sp³-hybridized carbons (Fsp3) is 1.00. The highest BCUT2D eigenvalue weighted by Gasteiger charge is 2.33. The van der Waals surface area contributed by atoms with Gasteiger partial charge < -0.3 is 0 Å². The first-order valence-electron chi connectivity index (χ1n) is 16.2. The first-order chi connectivity index (χ1) is 16.2. The summed E-state index contributed by atoms with van der Waals surface area (Å²) >= 11 is 0. The van der Waals surface area contributed by atoms with Crippen LogP contribution in [0.15, 0.2) is 0 Å². The first-order valence-corrected chi connectivity index (χ1v) is 16.2. The lowest BCUT2D eigenvalue weighted by Crippen LogP contribution is -2.30. The molecule has 33 heavy (non-hydrogen) atoms. The van der Waals surface area contributed by atoms with Crippen LogP contribution in [0, 0.1) is 23.7 Å². The topological polar surface area (TPSA) is 0 Å². The molecule has 0 saturated heterocycles. The van der Waals surface area contributed by atoms with Gasteiger partial charge in [0.25, 0.3) is 0 Å². The van der Waals surface area contributed by atoms with Crippen LogP contribution in [0.2, 0.25) is 0 Å². The van der Waals surface area contributed by atoms with Crippen molar-refractivity contribution in [3.63, 3.8) is 0 Å². The minimum atomic E-state index is 0.998. The van der Waals surface area contributed by atoms with E-state index in [1.807, 2.05) is 0 Å². The average molecular weight is 465 g/mol. The Morgan fingerprint density at radius 1 is 0.273 bits per heavy atom. The molecule has 0 nitrogen and oxygen atoms in total. The van der Waals surface area contributed by atoms with Crippen molar-refractivity contribution in [3.8, 4) is 0 Å². The summed E-state index contributed by atoms with van der Waals surface area (Å²) < 4.78 is 0. The van der Waals surface area contributed by atoms with E-state index in [1.54, 1.807) is 0 Å². The van der Waals surface area contributed by atoms with Crippen LogP contribution in [0.3, 0.4) is 0 Å². The summed E-state index contributed by atoms with van der Waals surface area (Å²) in [6.45, 7) is 14.3. The Labute approximate surface area is 212 Å². The van der Waals surface area contributed by atoms with Crippen molar-refractivity contribution < 1.29 is 0 Å². The number of hydrogen-bond donors (Lipinski definition) is 0. The second-order valence-corrected chi connectivity index (χ2v) is 11.5. The minimum absolute atomic E-state index is 0.998. The lowest BCUT2D eigenvalue weighted by atomic mass is 9.66. The van der Waals surface area contributed by atoms with Gasteiger partial charge >= 0.3 is 0 Å². The molecule has 200 valence electrons. The Kier molecular flexibility index (Phi) is 25.1. The van der Waals surface area contributed by atoms with E-state index in [0.29, 0.717) is 0 Å². The second kappa shape index (κ2) is 25.1. The third-order valence-electron chi connectivity index (χ3n) is 8.51. The molecule has 0 bridgehead atoms. The third kappa shape index (κ3) is 17.1. The molecule has 0 aromatic carbocycles. The van der Waals surface area contributed by atoms with Gasteiger partial charge in [-0.05, 0) is 36.5 Å². The molecule has 2 atom stereocenters. The standard InChI is InChI=1S/C33H68/c1-7-13-19-23-29-33(31(26-20-14-8-2)27-21-15-9-3)32(28-22-16-10-4)30(24-17-11-5)25-18-12-6/h30-33H,7-29H2,1-6H3. The highest BCUT2D eigenvalue weighted by atomic mass is 14.4. The van der Waals surface area contributed by atoms with Crippen LogP contribution >= 0.6 is 0 Å². The molecular formula is C33H68. The van der Waals surface area contributed by atoms with Crippen molar-refractivity contribution in [2.24, 2.45) is 23.7 Å². The summed E-state index contributed by atoms with van der Waals surface area (Å²) in [5, 5.41) is 0. The minimum Gasteiger partial charge on any atom is -0.0654 e. The van der Waals surface area contributed by atoms with E-state index in [0.717, 1.165) is 23.7 Å². The van der Waals surface area contributed by atoms with Gasteiger partial charge in [0.05, 0.1) is 0 Å². The molecule has 0 aromatic heterocycles. The molecule has 0 radical (unpaired) electrons. The molecule has 0 amide bonds. The van der Waals surface area contributed by atoms with Crippen LogP contribution in [0.25, 0.3) is 0 Å². The molecule has 0 aromatic rings. The van der Waals surface area contributed by atoms with E-state index in [1.165, 1.54) is 148 Å². The summed E-state index contributed by atoms with van der Waals surface area (Å²) in [6, 6.07) is 0. The Morgan fingerprint density at radius 2 is 0.545 bits per heavy atom. The van der Waals surface area contributed by atoms with Crippen LogP contribution < -0.4 is 0 Å². The SMILES string of the molecule is CCCCCCC(C(CCCCC)CCCCC)C(CCCCC)C(CCCC)CCCC. The monoisotopic (exact) mass is 465 g/mol. The van der Waals surface area contributed by atoms with Crippen molar-refractivity contribution in [2.45, 2.75) is 189 Å². The second-order valence-electron chi connectivity index (χ2n) is 11.5. The third-order valence-corrected chi connectivity index (χ3v) is 8.51. The molecule has 0 aliphatic rings. The Hall–Kier alpha value is 0. The number of hydrogen-bond acceptors (Lipinski definition) is 0. The molecule has 0 spiro atoms. The van der Waals surface area contributed by atoms with Crippen molar-refractivity contribution in [1.29, 1.82) is 0 Å². The molecule has 0 aliphatic carbocycles. The van der Waals surface area contributed by atoms with Gasteiger partial charge in [-0.15, -0.1) is 0 Å². The summed E-state index contributed by atoms with van der Waals surface area (Å²) in [7, 11) is 0. The zero-order valence-electron chi connectivity index (χ0n) is 24.6.